The molecule has 0 unspecified atom stereocenters. The number of nitrogens with zero attached hydrogens (tertiary/aromatic N) is 2. The molecular formula is C25H41IN4O3. The molecule has 1 amide bonds. The average molecular weight is 573 g/mol. The maximum atomic E-state index is 12.0. The Balaban J connectivity index is 0.00000385. The van der Waals surface area contributed by atoms with Crippen molar-refractivity contribution in [1.82, 2.24) is 15.5 Å². The predicted molar refractivity (Wildman–Crippen MR) is 143 cm³/mol. The zero-order valence-electron chi connectivity index (χ0n) is 20.2. The lowest BCUT2D eigenvalue weighted by Crippen LogP contribution is -2.44. The topological polar surface area (TPSA) is 75.2 Å². The Morgan fingerprint density at radius 1 is 1.03 bits per heavy atom. The predicted octanol–water partition coefficient (Wildman–Crippen LogP) is 3.70. The summed E-state index contributed by atoms with van der Waals surface area (Å²) < 4.78 is 11.4. The molecule has 8 heteroatoms. The van der Waals surface area contributed by atoms with Crippen molar-refractivity contribution < 1.29 is 14.3 Å². The van der Waals surface area contributed by atoms with E-state index in [2.05, 4.69) is 34.9 Å². The Bertz CT molecular complexity index is 715. The van der Waals surface area contributed by atoms with Crippen LogP contribution in [0.2, 0.25) is 0 Å². The second-order valence-corrected chi connectivity index (χ2v) is 9.13. The van der Waals surface area contributed by atoms with Gasteiger partial charge in [0.25, 0.3) is 0 Å². The fourth-order valence-electron chi connectivity index (χ4n) is 4.09. The van der Waals surface area contributed by atoms with Crippen LogP contribution in [0.15, 0.2) is 29.3 Å². The number of benzene rings is 1. The van der Waals surface area contributed by atoms with Gasteiger partial charge in [0.1, 0.15) is 0 Å². The van der Waals surface area contributed by atoms with Gasteiger partial charge in [0.15, 0.2) is 5.96 Å². The van der Waals surface area contributed by atoms with Crippen LogP contribution < -0.4 is 10.6 Å². The van der Waals surface area contributed by atoms with Crippen molar-refractivity contribution in [2.24, 2.45) is 10.9 Å². The van der Waals surface area contributed by atoms with Gasteiger partial charge in [-0.25, -0.2) is 4.99 Å². The Labute approximate surface area is 216 Å². The van der Waals surface area contributed by atoms with Gasteiger partial charge < -0.3 is 25.0 Å². The normalized spacial score (nSPS) is 17.8. The van der Waals surface area contributed by atoms with Crippen molar-refractivity contribution in [3.8, 4) is 0 Å². The van der Waals surface area contributed by atoms with Crippen molar-refractivity contribution in [2.45, 2.75) is 64.2 Å². The molecule has 2 N–H and O–H groups in total. The minimum Gasteiger partial charge on any atom is -0.381 e. The standard InChI is InChI=1S/C25H40N4O3.HI/c1-29(2)24(30)18-28-25(26-16-20-6-4-3-5-7-20)27-17-21-8-10-22(11-9-21)19-32-23-12-14-31-15-13-23;/h8-11,20,23H,3-7,12-19H2,1-2H3,(H2,26,27,28);1H. The Hall–Kier alpha value is -1.39. The van der Waals surface area contributed by atoms with Gasteiger partial charge >= 0.3 is 0 Å². The van der Waals surface area contributed by atoms with Crippen LogP contribution in [0.4, 0.5) is 0 Å². The van der Waals surface area contributed by atoms with E-state index in [1.54, 1.807) is 19.0 Å². The molecule has 1 aliphatic carbocycles. The third-order valence-electron chi connectivity index (χ3n) is 6.29. The largest absolute Gasteiger partial charge is 0.381 e. The minimum atomic E-state index is 0. The molecule has 0 radical (unpaired) electrons. The first-order valence-corrected chi connectivity index (χ1v) is 12.1. The van der Waals surface area contributed by atoms with Crippen LogP contribution in [0.25, 0.3) is 0 Å². The summed E-state index contributed by atoms with van der Waals surface area (Å²) in [6, 6.07) is 8.44. The number of halogens is 1. The zero-order valence-corrected chi connectivity index (χ0v) is 22.5. The summed E-state index contributed by atoms with van der Waals surface area (Å²) in [5.41, 5.74) is 2.31. The zero-order chi connectivity index (χ0) is 22.6. The van der Waals surface area contributed by atoms with Gasteiger partial charge in [-0.1, -0.05) is 43.5 Å². The van der Waals surface area contributed by atoms with E-state index in [1.807, 2.05) is 0 Å². The van der Waals surface area contributed by atoms with Crippen LogP contribution in [0.1, 0.15) is 56.1 Å². The van der Waals surface area contributed by atoms with Crippen molar-refractivity contribution in [1.29, 1.82) is 0 Å². The van der Waals surface area contributed by atoms with Crippen LogP contribution in [0.3, 0.4) is 0 Å². The third kappa shape index (κ3) is 10.6. The highest BCUT2D eigenvalue weighted by Crippen LogP contribution is 2.22. The van der Waals surface area contributed by atoms with Crippen molar-refractivity contribution in [3.63, 3.8) is 0 Å². The maximum absolute atomic E-state index is 12.0. The molecule has 2 aliphatic rings. The van der Waals surface area contributed by atoms with Gasteiger partial charge in [-0.2, -0.15) is 0 Å². The highest BCUT2D eigenvalue weighted by atomic mass is 127. The summed E-state index contributed by atoms with van der Waals surface area (Å²) in [5, 5.41) is 6.66. The number of nitrogens with one attached hydrogen (secondary N) is 2. The average Bonchev–Trinajstić information content (AvgIpc) is 2.84. The Morgan fingerprint density at radius 3 is 2.36 bits per heavy atom. The maximum Gasteiger partial charge on any atom is 0.241 e. The van der Waals surface area contributed by atoms with E-state index < -0.39 is 0 Å². The molecule has 3 rings (SSSR count). The van der Waals surface area contributed by atoms with Gasteiger partial charge in [0, 0.05) is 33.9 Å². The van der Waals surface area contributed by atoms with E-state index in [1.165, 1.54) is 37.7 Å². The van der Waals surface area contributed by atoms with Crippen molar-refractivity contribution in [2.75, 3.05) is 40.4 Å². The van der Waals surface area contributed by atoms with Crippen molar-refractivity contribution >= 4 is 35.8 Å². The highest BCUT2D eigenvalue weighted by molar-refractivity contribution is 14.0. The van der Waals surface area contributed by atoms with Crippen LogP contribution in [0, 0.1) is 5.92 Å². The molecular weight excluding hydrogens is 531 g/mol. The van der Waals surface area contributed by atoms with Crippen LogP contribution >= 0.6 is 24.0 Å². The lowest BCUT2D eigenvalue weighted by atomic mass is 9.89. The fourth-order valence-corrected chi connectivity index (χ4v) is 4.09. The number of carbonyl (C=O) groups is 1. The molecule has 0 atom stereocenters. The molecule has 7 nitrogen and oxygen atoms in total. The fraction of sp³-hybridized carbons (Fsp3) is 0.680. The summed E-state index contributed by atoms with van der Waals surface area (Å²) in [5.74, 6) is 1.43. The molecule has 1 saturated carbocycles. The lowest BCUT2D eigenvalue weighted by Gasteiger charge is -2.23. The molecule has 0 spiro atoms. The highest BCUT2D eigenvalue weighted by Gasteiger charge is 2.15. The first-order chi connectivity index (χ1) is 15.6. The molecule has 33 heavy (non-hydrogen) atoms. The first-order valence-electron chi connectivity index (χ1n) is 12.1. The SMILES string of the molecule is CN(C)C(=O)CNC(=NCc1ccc(COC2CCOCC2)cc1)NCC1CCCCC1.I. The van der Waals surface area contributed by atoms with Gasteiger partial charge in [0.2, 0.25) is 5.91 Å². The van der Waals surface area contributed by atoms with E-state index in [-0.39, 0.29) is 36.4 Å². The molecule has 2 fully saturated rings. The summed E-state index contributed by atoms with van der Waals surface area (Å²) in [6.07, 6.45) is 8.79. The van der Waals surface area contributed by atoms with Crippen LogP contribution in [-0.4, -0.2) is 63.3 Å². The van der Waals surface area contributed by atoms with Crippen LogP contribution in [-0.2, 0) is 27.4 Å². The number of likely N-dealkylation sites (N-methyl/N-ethyl adjacent to an activating group) is 1. The van der Waals surface area contributed by atoms with Crippen LogP contribution in [0.5, 0.6) is 0 Å². The molecule has 1 aromatic carbocycles. The van der Waals surface area contributed by atoms with E-state index in [4.69, 9.17) is 14.5 Å². The summed E-state index contributed by atoms with van der Waals surface area (Å²) >= 11 is 0. The number of amides is 1. The smallest absolute Gasteiger partial charge is 0.241 e. The molecule has 1 saturated heterocycles. The van der Waals surface area contributed by atoms with Gasteiger partial charge in [-0.05, 0) is 42.7 Å². The number of guanidine groups is 1. The monoisotopic (exact) mass is 572 g/mol. The molecule has 1 aromatic rings. The third-order valence-corrected chi connectivity index (χ3v) is 6.29. The van der Waals surface area contributed by atoms with E-state index >= 15 is 0 Å². The number of hydrogen-bond acceptors (Lipinski definition) is 4. The number of carbonyl (C=O) groups excluding carboxylic acids is 1. The van der Waals surface area contributed by atoms with Crippen molar-refractivity contribution in [3.05, 3.63) is 35.4 Å². The van der Waals surface area contributed by atoms with E-state index in [0.717, 1.165) is 38.2 Å². The quantitative estimate of drug-likeness (QED) is 0.268. The molecule has 0 bridgehead atoms. The second-order valence-electron chi connectivity index (χ2n) is 9.13. The molecule has 1 heterocycles. The number of rotatable bonds is 9. The molecule has 1 aliphatic heterocycles. The number of ether oxygens (including phenoxy) is 2. The van der Waals surface area contributed by atoms with Gasteiger partial charge in [0.05, 0.1) is 25.8 Å². The van der Waals surface area contributed by atoms with E-state index in [9.17, 15) is 4.79 Å². The first kappa shape index (κ1) is 27.9. The second kappa shape index (κ2) is 15.5. The Kier molecular flexibility index (Phi) is 13.1. The van der Waals surface area contributed by atoms with Gasteiger partial charge in [-0.15, -0.1) is 24.0 Å². The summed E-state index contributed by atoms with van der Waals surface area (Å²) in [6.45, 7) is 3.95. The van der Waals surface area contributed by atoms with E-state index in [0.29, 0.717) is 31.1 Å². The number of aliphatic imine (C=N–C) groups is 1. The Morgan fingerprint density at radius 2 is 1.70 bits per heavy atom. The summed E-state index contributed by atoms with van der Waals surface area (Å²) in [4.78, 5) is 18.3. The van der Waals surface area contributed by atoms with Gasteiger partial charge in [-0.3, -0.25) is 4.79 Å². The minimum absolute atomic E-state index is 0. The lowest BCUT2D eigenvalue weighted by molar-refractivity contribution is -0.127. The molecule has 0 aromatic heterocycles. The number of hydrogen-bond donors (Lipinski definition) is 2. The molecule has 186 valence electrons. The summed E-state index contributed by atoms with van der Waals surface area (Å²) in [7, 11) is 3.53.